The van der Waals surface area contributed by atoms with Gasteiger partial charge in [0.2, 0.25) is 0 Å². The Hall–Kier alpha value is -3.41. The molecule has 6 nitrogen and oxygen atoms in total. The van der Waals surface area contributed by atoms with Crippen LogP contribution in [-0.2, 0) is 0 Å². The molecular weight excluding hydrogens is 376 g/mol. The number of aryl methyl sites for hydroxylation is 1. The summed E-state index contributed by atoms with van der Waals surface area (Å²) in [5.74, 6) is 1.69. The van der Waals surface area contributed by atoms with Crippen LogP contribution in [0.4, 0.5) is 5.82 Å². The minimum atomic E-state index is 0.0543. The fourth-order valence-corrected chi connectivity index (χ4v) is 3.68. The van der Waals surface area contributed by atoms with Crippen molar-refractivity contribution < 1.29 is 9.53 Å². The van der Waals surface area contributed by atoms with Crippen molar-refractivity contribution in [2.24, 2.45) is 0 Å². The Kier molecular flexibility index (Phi) is 5.93. The number of ether oxygens (including phenoxy) is 1. The quantitative estimate of drug-likeness (QED) is 0.649. The number of carbonyl (C=O) groups excluding carboxylic acids is 1. The Labute approximate surface area is 177 Å². The predicted octanol–water partition coefficient (Wildman–Crippen LogP) is 3.81. The molecule has 1 aliphatic heterocycles. The average Bonchev–Trinajstić information content (AvgIpc) is 2.80. The Morgan fingerprint density at radius 3 is 2.30 bits per heavy atom. The van der Waals surface area contributed by atoms with Gasteiger partial charge in [0.1, 0.15) is 5.75 Å². The van der Waals surface area contributed by atoms with E-state index < -0.39 is 0 Å². The third kappa shape index (κ3) is 4.27. The predicted molar refractivity (Wildman–Crippen MR) is 118 cm³/mol. The molecule has 30 heavy (non-hydrogen) atoms. The van der Waals surface area contributed by atoms with Crippen LogP contribution in [0.5, 0.6) is 5.75 Å². The molecule has 2 heterocycles. The summed E-state index contributed by atoms with van der Waals surface area (Å²) < 4.78 is 5.45. The lowest BCUT2D eigenvalue weighted by Crippen LogP contribution is -2.49. The van der Waals surface area contributed by atoms with Gasteiger partial charge in [-0.2, -0.15) is 0 Å². The molecule has 3 aromatic rings. The van der Waals surface area contributed by atoms with Crippen molar-refractivity contribution in [1.29, 1.82) is 0 Å². The third-order valence-electron chi connectivity index (χ3n) is 5.37. The number of hydrogen-bond acceptors (Lipinski definition) is 5. The molecule has 6 heteroatoms. The monoisotopic (exact) mass is 402 g/mol. The van der Waals surface area contributed by atoms with E-state index in [-0.39, 0.29) is 5.91 Å². The SMILES string of the molecule is CCOc1ccc(C(=O)N2CCN(c3ccc(-c4ccccc4C)nn3)CC2)cc1. The largest absolute Gasteiger partial charge is 0.494 e. The molecular formula is C24H26N4O2. The third-order valence-corrected chi connectivity index (χ3v) is 5.37. The summed E-state index contributed by atoms with van der Waals surface area (Å²) in [5, 5.41) is 8.86. The van der Waals surface area contributed by atoms with E-state index >= 15 is 0 Å². The first-order valence-electron chi connectivity index (χ1n) is 10.3. The van der Waals surface area contributed by atoms with Crippen molar-refractivity contribution in [2.75, 3.05) is 37.7 Å². The molecule has 1 aliphatic rings. The summed E-state index contributed by atoms with van der Waals surface area (Å²) >= 11 is 0. The zero-order valence-electron chi connectivity index (χ0n) is 17.4. The van der Waals surface area contributed by atoms with Gasteiger partial charge >= 0.3 is 0 Å². The molecule has 1 saturated heterocycles. The maximum atomic E-state index is 12.8. The second-order valence-electron chi connectivity index (χ2n) is 7.33. The maximum absolute atomic E-state index is 12.8. The van der Waals surface area contributed by atoms with Crippen molar-refractivity contribution in [1.82, 2.24) is 15.1 Å². The van der Waals surface area contributed by atoms with Crippen LogP contribution in [0.25, 0.3) is 11.3 Å². The standard InChI is InChI=1S/C24H26N4O2/c1-3-30-20-10-8-19(9-11-20)24(29)28-16-14-27(15-17-28)23-13-12-22(25-26-23)21-7-5-4-6-18(21)2/h4-13H,3,14-17H2,1-2H3. The minimum Gasteiger partial charge on any atom is -0.494 e. The zero-order chi connectivity index (χ0) is 20.9. The van der Waals surface area contributed by atoms with Crippen LogP contribution in [0.3, 0.4) is 0 Å². The maximum Gasteiger partial charge on any atom is 0.253 e. The van der Waals surface area contributed by atoms with Gasteiger partial charge in [-0.3, -0.25) is 4.79 Å². The van der Waals surface area contributed by atoms with Crippen LogP contribution >= 0.6 is 0 Å². The highest BCUT2D eigenvalue weighted by Gasteiger charge is 2.23. The van der Waals surface area contributed by atoms with Crippen molar-refractivity contribution >= 4 is 11.7 Å². The van der Waals surface area contributed by atoms with E-state index in [9.17, 15) is 4.79 Å². The van der Waals surface area contributed by atoms with E-state index in [2.05, 4.69) is 34.2 Å². The molecule has 0 aliphatic carbocycles. The van der Waals surface area contributed by atoms with Gasteiger partial charge in [0.15, 0.2) is 5.82 Å². The number of nitrogens with zero attached hydrogens (tertiary/aromatic N) is 4. The van der Waals surface area contributed by atoms with Gasteiger partial charge in [-0.05, 0) is 55.8 Å². The van der Waals surface area contributed by atoms with Gasteiger partial charge < -0.3 is 14.5 Å². The molecule has 2 aromatic carbocycles. The molecule has 0 radical (unpaired) electrons. The molecule has 0 atom stereocenters. The molecule has 1 fully saturated rings. The highest BCUT2D eigenvalue weighted by molar-refractivity contribution is 5.94. The van der Waals surface area contributed by atoms with Crippen LogP contribution in [-0.4, -0.2) is 53.8 Å². The lowest BCUT2D eigenvalue weighted by atomic mass is 10.1. The first-order valence-corrected chi connectivity index (χ1v) is 10.3. The van der Waals surface area contributed by atoms with Crippen LogP contribution in [0.2, 0.25) is 0 Å². The molecule has 154 valence electrons. The summed E-state index contributed by atoms with van der Waals surface area (Å²) in [4.78, 5) is 16.9. The molecule has 0 saturated carbocycles. The van der Waals surface area contributed by atoms with Crippen LogP contribution in [0.15, 0.2) is 60.7 Å². The average molecular weight is 402 g/mol. The van der Waals surface area contributed by atoms with Gasteiger partial charge in [0.25, 0.3) is 5.91 Å². The van der Waals surface area contributed by atoms with Crippen molar-refractivity contribution in [3.63, 3.8) is 0 Å². The lowest BCUT2D eigenvalue weighted by molar-refractivity contribution is 0.0746. The highest BCUT2D eigenvalue weighted by atomic mass is 16.5. The summed E-state index contributed by atoms with van der Waals surface area (Å²) in [6.07, 6.45) is 0. The van der Waals surface area contributed by atoms with E-state index in [1.54, 1.807) is 0 Å². The summed E-state index contributed by atoms with van der Waals surface area (Å²) in [7, 11) is 0. The van der Waals surface area contributed by atoms with Crippen LogP contribution in [0.1, 0.15) is 22.8 Å². The van der Waals surface area contributed by atoms with E-state index in [1.165, 1.54) is 5.56 Å². The lowest BCUT2D eigenvalue weighted by Gasteiger charge is -2.35. The highest BCUT2D eigenvalue weighted by Crippen LogP contribution is 2.22. The molecule has 4 rings (SSSR count). The van der Waals surface area contributed by atoms with Gasteiger partial charge in [0.05, 0.1) is 12.3 Å². The van der Waals surface area contributed by atoms with Crippen LogP contribution < -0.4 is 9.64 Å². The van der Waals surface area contributed by atoms with Crippen molar-refractivity contribution in [2.45, 2.75) is 13.8 Å². The first kappa shape index (κ1) is 19.9. The molecule has 0 spiro atoms. The fourth-order valence-electron chi connectivity index (χ4n) is 3.68. The molecule has 1 aromatic heterocycles. The number of benzene rings is 2. The minimum absolute atomic E-state index is 0.0543. The topological polar surface area (TPSA) is 58.6 Å². The summed E-state index contributed by atoms with van der Waals surface area (Å²) in [6.45, 7) is 7.43. The number of rotatable bonds is 5. The molecule has 0 N–H and O–H groups in total. The Morgan fingerprint density at radius 1 is 0.933 bits per heavy atom. The first-order chi connectivity index (χ1) is 14.7. The van der Waals surface area contributed by atoms with E-state index in [1.807, 2.05) is 60.4 Å². The normalized spacial score (nSPS) is 13.9. The Balaban J connectivity index is 1.37. The van der Waals surface area contributed by atoms with Gasteiger partial charge in [-0.25, -0.2) is 0 Å². The van der Waals surface area contributed by atoms with E-state index in [0.29, 0.717) is 25.3 Å². The Morgan fingerprint density at radius 2 is 1.67 bits per heavy atom. The number of aromatic nitrogens is 2. The number of amides is 1. The number of hydrogen-bond donors (Lipinski definition) is 0. The molecule has 0 unspecified atom stereocenters. The van der Waals surface area contributed by atoms with Gasteiger partial charge in [-0.15, -0.1) is 10.2 Å². The number of anilines is 1. The summed E-state index contributed by atoms with van der Waals surface area (Å²) in [6, 6.07) is 19.5. The summed E-state index contributed by atoms with van der Waals surface area (Å²) in [5.41, 5.74) is 3.85. The second kappa shape index (κ2) is 8.95. The van der Waals surface area contributed by atoms with E-state index in [0.717, 1.165) is 35.9 Å². The van der Waals surface area contributed by atoms with Crippen molar-refractivity contribution in [3.05, 3.63) is 71.8 Å². The van der Waals surface area contributed by atoms with E-state index in [4.69, 9.17) is 4.74 Å². The van der Waals surface area contributed by atoms with Crippen molar-refractivity contribution in [3.8, 4) is 17.0 Å². The molecule has 0 bridgehead atoms. The fraction of sp³-hybridized carbons (Fsp3) is 0.292. The second-order valence-corrected chi connectivity index (χ2v) is 7.33. The number of carbonyl (C=O) groups is 1. The number of piperazine rings is 1. The van der Waals surface area contributed by atoms with Gasteiger partial charge in [0, 0.05) is 37.3 Å². The Bertz CT molecular complexity index is 994. The molecule has 1 amide bonds. The zero-order valence-corrected chi connectivity index (χ0v) is 17.4. The van der Waals surface area contributed by atoms with Crippen LogP contribution in [0, 0.1) is 6.92 Å². The smallest absolute Gasteiger partial charge is 0.253 e. The van der Waals surface area contributed by atoms with Gasteiger partial charge in [-0.1, -0.05) is 24.3 Å².